The minimum atomic E-state index is -3.32. The number of nitrogens with one attached hydrogen (secondary N) is 1. The van der Waals surface area contributed by atoms with E-state index in [4.69, 9.17) is 0 Å². The Morgan fingerprint density at radius 3 is 2.53 bits per heavy atom. The highest BCUT2D eigenvalue weighted by molar-refractivity contribution is 9.10. The van der Waals surface area contributed by atoms with Crippen LogP contribution >= 0.6 is 15.9 Å². The minimum Gasteiger partial charge on any atom is -0.289 e. The third-order valence-corrected chi connectivity index (χ3v) is 5.29. The SMILES string of the molecule is C[C@@H]1CC(=O)NN1CCS(=O)(=O)c1ccc(Br)cc1. The molecule has 19 heavy (non-hydrogen) atoms. The summed E-state index contributed by atoms with van der Waals surface area (Å²) >= 11 is 3.27. The molecule has 1 amide bonds. The number of amides is 1. The first-order valence-electron chi connectivity index (χ1n) is 5.93. The number of nitrogens with zero attached hydrogens (tertiary/aromatic N) is 1. The molecular weight excluding hydrogens is 332 g/mol. The summed E-state index contributed by atoms with van der Waals surface area (Å²) in [6.45, 7) is 2.19. The Bertz CT molecular complexity index is 571. The predicted molar refractivity (Wildman–Crippen MR) is 75.1 cm³/mol. The molecule has 2 rings (SSSR count). The average molecular weight is 347 g/mol. The van der Waals surface area contributed by atoms with Crippen LogP contribution in [0.5, 0.6) is 0 Å². The first kappa shape index (κ1) is 14.5. The number of hydrazine groups is 1. The summed E-state index contributed by atoms with van der Waals surface area (Å²) in [5.41, 5.74) is 2.66. The molecule has 0 bridgehead atoms. The summed E-state index contributed by atoms with van der Waals surface area (Å²) in [6.07, 6.45) is 0.415. The van der Waals surface area contributed by atoms with Gasteiger partial charge in [-0.2, -0.15) is 0 Å². The zero-order valence-electron chi connectivity index (χ0n) is 10.5. The van der Waals surface area contributed by atoms with Crippen LogP contribution in [0.15, 0.2) is 33.6 Å². The van der Waals surface area contributed by atoms with Gasteiger partial charge >= 0.3 is 0 Å². The normalized spacial score (nSPS) is 20.5. The number of carbonyl (C=O) groups is 1. The third-order valence-electron chi connectivity index (χ3n) is 3.05. The Labute approximate surface area is 121 Å². The average Bonchev–Trinajstić information content (AvgIpc) is 2.66. The fourth-order valence-corrected chi connectivity index (χ4v) is 3.44. The number of rotatable bonds is 4. The first-order chi connectivity index (χ1) is 8.88. The predicted octanol–water partition coefficient (Wildman–Crippen LogP) is 1.35. The summed E-state index contributed by atoms with van der Waals surface area (Å²) in [5, 5.41) is 1.68. The van der Waals surface area contributed by atoms with Crippen molar-refractivity contribution in [2.45, 2.75) is 24.3 Å². The zero-order chi connectivity index (χ0) is 14.0. The summed E-state index contributed by atoms with van der Waals surface area (Å²) in [7, 11) is -3.32. The monoisotopic (exact) mass is 346 g/mol. The maximum Gasteiger partial charge on any atom is 0.235 e. The van der Waals surface area contributed by atoms with Crippen molar-refractivity contribution in [3.63, 3.8) is 0 Å². The quantitative estimate of drug-likeness (QED) is 0.893. The second kappa shape index (κ2) is 5.60. The maximum absolute atomic E-state index is 12.1. The van der Waals surface area contributed by atoms with Crippen LogP contribution in [0.2, 0.25) is 0 Å². The molecule has 1 fully saturated rings. The molecule has 1 atom stereocenters. The molecule has 1 aromatic carbocycles. The molecule has 104 valence electrons. The van der Waals surface area contributed by atoms with Crippen LogP contribution < -0.4 is 5.43 Å². The van der Waals surface area contributed by atoms with Crippen LogP contribution in [0.3, 0.4) is 0 Å². The molecular formula is C12H15BrN2O3S. The van der Waals surface area contributed by atoms with Gasteiger partial charge in [0.2, 0.25) is 5.91 Å². The van der Waals surface area contributed by atoms with Crippen molar-refractivity contribution in [2.24, 2.45) is 0 Å². The topological polar surface area (TPSA) is 66.5 Å². The minimum absolute atomic E-state index is 0.0146. The van der Waals surface area contributed by atoms with E-state index in [-0.39, 0.29) is 17.7 Å². The Morgan fingerprint density at radius 2 is 2.00 bits per heavy atom. The van der Waals surface area contributed by atoms with Crippen molar-refractivity contribution in [1.82, 2.24) is 10.4 Å². The molecule has 0 aliphatic carbocycles. The zero-order valence-corrected chi connectivity index (χ0v) is 12.9. The van der Waals surface area contributed by atoms with Crippen molar-refractivity contribution in [1.29, 1.82) is 0 Å². The highest BCUT2D eigenvalue weighted by Crippen LogP contribution is 2.17. The Hall–Kier alpha value is -0.920. The number of sulfone groups is 1. The van der Waals surface area contributed by atoms with Gasteiger partial charge in [0, 0.05) is 23.5 Å². The van der Waals surface area contributed by atoms with E-state index < -0.39 is 9.84 Å². The number of hydrogen-bond donors (Lipinski definition) is 1. The van der Waals surface area contributed by atoms with Gasteiger partial charge in [-0.25, -0.2) is 13.4 Å². The van der Waals surface area contributed by atoms with Crippen molar-refractivity contribution in [3.8, 4) is 0 Å². The van der Waals surface area contributed by atoms with Crippen molar-refractivity contribution < 1.29 is 13.2 Å². The third kappa shape index (κ3) is 3.55. The standard InChI is InChI=1S/C12H15BrN2O3S/c1-9-8-12(16)14-15(9)6-7-19(17,18)11-4-2-10(13)3-5-11/h2-5,9H,6-8H2,1H3,(H,14,16)/t9-/m1/s1. The van der Waals surface area contributed by atoms with Gasteiger partial charge in [-0.1, -0.05) is 15.9 Å². The molecule has 0 unspecified atom stereocenters. The van der Waals surface area contributed by atoms with E-state index in [0.29, 0.717) is 17.9 Å². The van der Waals surface area contributed by atoms with E-state index in [0.717, 1.165) is 4.47 Å². The van der Waals surface area contributed by atoms with Crippen molar-refractivity contribution in [3.05, 3.63) is 28.7 Å². The van der Waals surface area contributed by atoms with Gasteiger partial charge < -0.3 is 0 Å². The lowest BCUT2D eigenvalue weighted by Crippen LogP contribution is -2.40. The molecule has 1 N–H and O–H groups in total. The molecule has 0 aromatic heterocycles. The van der Waals surface area contributed by atoms with Gasteiger partial charge in [-0.15, -0.1) is 0 Å². The number of carbonyl (C=O) groups excluding carboxylic acids is 1. The van der Waals surface area contributed by atoms with Gasteiger partial charge in [0.25, 0.3) is 0 Å². The van der Waals surface area contributed by atoms with E-state index in [9.17, 15) is 13.2 Å². The molecule has 0 spiro atoms. The number of halogens is 1. The van der Waals surface area contributed by atoms with Gasteiger partial charge in [0.05, 0.1) is 10.6 Å². The van der Waals surface area contributed by atoms with E-state index in [1.54, 1.807) is 29.3 Å². The highest BCUT2D eigenvalue weighted by atomic mass is 79.9. The summed E-state index contributed by atoms with van der Waals surface area (Å²) in [5.74, 6) is -0.0762. The van der Waals surface area contributed by atoms with Crippen LogP contribution in [0.1, 0.15) is 13.3 Å². The molecule has 1 aliphatic heterocycles. The molecule has 1 heterocycles. The van der Waals surface area contributed by atoms with Gasteiger partial charge in [-0.3, -0.25) is 10.2 Å². The number of hydrogen-bond acceptors (Lipinski definition) is 4. The van der Waals surface area contributed by atoms with E-state index >= 15 is 0 Å². The van der Waals surface area contributed by atoms with Gasteiger partial charge in [-0.05, 0) is 31.2 Å². The lowest BCUT2D eigenvalue weighted by molar-refractivity contribution is -0.120. The summed E-state index contributed by atoms with van der Waals surface area (Å²) < 4.78 is 25.1. The highest BCUT2D eigenvalue weighted by Gasteiger charge is 2.27. The van der Waals surface area contributed by atoms with E-state index in [1.165, 1.54) is 0 Å². The van der Waals surface area contributed by atoms with Gasteiger partial charge in [0.15, 0.2) is 9.84 Å². The second-order valence-electron chi connectivity index (χ2n) is 4.55. The number of benzene rings is 1. The van der Waals surface area contributed by atoms with Crippen LogP contribution in [-0.4, -0.2) is 37.7 Å². The molecule has 1 saturated heterocycles. The van der Waals surface area contributed by atoms with Crippen LogP contribution in [-0.2, 0) is 14.6 Å². The van der Waals surface area contributed by atoms with Gasteiger partial charge in [0.1, 0.15) is 0 Å². The van der Waals surface area contributed by atoms with E-state index in [1.807, 2.05) is 6.92 Å². The second-order valence-corrected chi connectivity index (χ2v) is 7.58. The molecule has 0 radical (unpaired) electrons. The molecule has 1 aromatic rings. The van der Waals surface area contributed by atoms with Crippen molar-refractivity contribution >= 4 is 31.7 Å². The largest absolute Gasteiger partial charge is 0.289 e. The molecule has 0 saturated carbocycles. The lowest BCUT2D eigenvalue weighted by atomic mass is 10.2. The molecule has 7 heteroatoms. The van der Waals surface area contributed by atoms with Crippen LogP contribution in [0, 0.1) is 0 Å². The fraction of sp³-hybridized carbons (Fsp3) is 0.417. The fourth-order valence-electron chi connectivity index (χ4n) is 1.95. The van der Waals surface area contributed by atoms with E-state index in [2.05, 4.69) is 21.4 Å². The lowest BCUT2D eigenvalue weighted by Gasteiger charge is -2.19. The van der Waals surface area contributed by atoms with Crippen molar-refractivity contribution in [2.75, 3.05) is 12.3 Å². The Kier molecular flexibility index (Phi) is 4.27. The summed E-state index contributed by atoms with van der Waals surface area (Å²) in [4.78, 5) is 11.5. The first-order valence-corrected chi connectivity index (χ1v) is 8.37. The molecule has 5 nitrogen and oxygen atoms in total. The van der Waals surface area contributed by atoms with Crippen LogP contribution in [0.25, 0.3) is 0 Å². The Balaban J connectivity index is 2.02. The Morgan fingerprint density at radius 1 is 1.37 bits per heavy atom. The molecule has 1 aliphatic rings. The van der Waals surface area contributed by atoms with Crippen LogP contribution in [0.4, 0.5) is 0 Å². The summed E-state index contributed by atoms with van der Waals surface area (Å²) in [6, 6.07) is 6.59. The maximum atomic E-state index is 12.1. The smallest absolute Gasteiger partial charge is 0.235 e.